The summed E-state index contributed by atoms with van der Waals surface area (Å²) in [7, 11) is 1.78. The first-order valence-electron chi connectivity index (χ1n) is 6.78. The Balaban J connectivity index is 0.00000200. The standard InChI is InChI=1S/C15H22N2O2.ClH/c1-10(2)11-4-6-12(7-5-11)17(3)15(19)14-8-13(18)9-16-14;/h4-7,10,13-14,16,18H,8-9H2,1-3H3;1H. The molecule has 2 atom stereocenters. The number of carbonyl (C=O) groups excluding carboxylic acids is 1. The minimum atomic E-state index is -0.411. The number of hydrogen-bond acceptors (Lipinski definition) is 3. The maximum Gasteiger partial charge on any atom is 0.243 e. The van der Waals surface area contributed by atoms with Crippen molar-refractivity contribution in [1.29, 1.82) is 0 Å². The fourth-order valence-electron chi connectivity index (χ4n) is 2.35. The third-order valence-corrected chi connectivity index (χ3v) is 3.68. The average Bonchev–Trinajstić information content (AvgIpc) is 2.84. The lowest BCUT2D eigenvalue weighted by molar-refractivity contribution is -0.120. The molecule has 1 saturated heterocycles. The minimum Gasteiger partial charge on any atom is -0.392 e. The number of benzene rings is 1. The van der Waals surface area contributed by atoms with Crippen LogP contribution in [0.15, 0.2) is 24.3 Å². The number of aliphatic hydroxyl groups is 1. The summed E-state index contributed by atoms with van der Waals surface area (Å²) < 4.78 is 0. The molecule has 2 rings (SSSR count). The van der Waals surface area contributed by atoms with Crippen LogP contribution in [-0.4, -0.2) is 36.8 Å². The van der Waals surface area contributed by atoms with Crippen LogP contribution in [0.3, 0.4) is 0 Å². The monoisotopic (exact) mass is 298 g/mol. The second-order valence-corrected chi connectivity index (χ2v) is 5.49. The number of aliphatic hydroxyl groups excluding tert-OH is 1. The number of β-amino-alcohol motifs (C(OH)–C–C–N with tert-alkyl or cyclic N) is 1. The molecule has 0 saturated carbocycles. The van der Waals surface area contributed by atoms with E-state index in [0.717, 1.165) is 5.69 Å². The molecule has 1 aliphatic heterocycles. The van der Waals surface area contributed by atoms with Crippen LogP contribution in [0.25, 0.3) is 0 Å². The lowest BCUT2D eigenvalue weighted by Crippen LogP contribution is -2.41. The molecule has 0 bridgehead atoms. The Morgan fingerprint density at radius 1 is 1.35 bits per heavy atom. The Hall–Kier alpha value is -1.10. The summed E-state index contributed by atoms with van der Waals surface area (Å²) >= 11 is 0. The highest BCUT2D eigenvalue weighted by Gasteiger charge is 2.30. The number of carbonyl (C=O) groups is 1. The first kappa shape index (κ1) is 17.0. The van der Waals surface area contributed by atoms with Crippen LogP contribution in [0.1, 0.15) is 31.7 Å². The van der Waals surface area contributed by atoms with Gasteiger partial charge in [-0.15, -0.1) is 12.4 Å². The van der Waals surface area contributed by atoms with Crippen LogP contribution < -0.4 is 10.2 Å². The van der Waals surface area contributed by atoms with Crippen molar-refractivity contribution in [3.05, 3.63) is 29.8 Å². The van der Waals surface area contributed by atoms with Crippen molar-refractivity contribution in [2.45, 2.75) is 38.3 Å². The largest absolute Gasteiger partial charge is 0.392 e. The third-order valence-electron chi connectivity index (χ3n) is 3.68. The zero-order valence-electron chi connectivity index (χ0n) is 12.2. The lowest BCUT2D eigenvalue weighted by Gasteiger charge is -2.21. The van der Waals surface area contributed by atoms with Gasteiger partial charge in [0.1, 0.15) is 0 Å². The number of halogens is 1. The van der Waals surface area contributed by atoms with E-state index in [9.17, 15) is 9.90 Å². The molecule has 20 heavy (non-hydrogen) atoms. The van der Waals surface area contributed by atoms with Crippen LogP contribution in [0.2, 0.25) is 0 Å². The van der Waals surface area contributed by atoms with Gasteiger partial charge in [0.2, 0.25) is 5.91 Å². The quantitative estimate of drug-likeness (QED) is 0.896. The van der Waals surface area contributed by atoms with Crippen molar-refractivity contribution in [2.24, 2.45) is 0 Å². The molecule has 1 amide bonds. The molecule has 0 radical (unpaired) electrons. The molecule has 1 aromatic rings. The molecule has 2 unspecified atom stereocenters. The highest BCUT2D eigenvalue weighted by atomic mass is 35.5. The Kier molecular flexibility index (Phi) is 5.99. The van der Waals surface area contributed by atoms with Gasteiger partial charge in [0.05, 0.1) is 12.1 Å². The Labute approximate surface area is 126 Å². The van der Waals surface area contributed by atoms with Gasteiger partial charge < -0.3 is 15.3 Å². The molecular weight excluding hydrogens is 276 g/mol. The molecule has 0 aliphatic carbocycles. The molecule has 0 aromatic heterocycles. The molecule has 1 aliphatic rings. The van der Waals surface area contributed by atoms with Gasteiger partial charge in [-0.2, -0.15) is 0 Å². The normalized spacial score (nSPS) is 21.6. The Morgan fingerprint density at radius 3 is 2.40 bits per heavy atom. The number of rotatable bonds is 3. The highest BCUT2D eigenvalue weighted by molar-refractivity contribution is 5.96. The molecule has 112 valence electrons. The first-order chi connectivity index (χ1) is 8.99. The van der Waals surface area contributed by atoms with Gasteiger partial charge >= 0.3 is 0 Å². The first-order valence-corrected chi connectivity index (χ1v) is 6.78. The fourth-order valence-corrected chi connectivity index (χ4v) is 2.35. The number of nitrogens with one attached hydrogen (secondary N) is 1. The van der Waals surface area contributed by atoms with E-state index in [4.69, 9.17) is 0 Å². The lowest BCUT2D eigenvalue weighted by atomic mass is 10.0. The van der Waals surface area contributed by atoms with Crippen molar-refractivity contribution in [3.63, 3.8) is 0 Å². The molecule has 1 heterocycles. The van der Waals surface area contributed by atoms with Gasteiger partial charge in [0, 0.05) is 19.3 Å². The van der Waals surface area contributed by atoms with Crippen molar-refractivity contribution in [2.75, 3.05) is 18.5 Å². The van der Waals surface area contributed by atoms with E-state index >= 15 is 0 Å². The summed E-state index contributed by atoms with van der Waals surface area (Å²) in [5, 5.41) is 12.5. The number of likely N-dealkylation sites (N-methyl/N-ethyl adjacent to an activating group) is 1. The summed E-state index contributed by atoms with van der Waals surface area (Å²) in [5.41, 5.74) is 2.15. The predicted octanol–water partition coefficient (Wildman–Crippen LogP) is 1.92. The van der Waals surface area contributed by atoms with Crippen LogP contribution in [0.4, 0.5) is 5.69 Å². The molecule has 4 nitrogen and oxygen atoms in total. The van der Waals surface area contributed by atoms with E-state index in [2.05, 4.69) is 31.3 Å². The predicted molar refractivity (Wildman–Crippen MR) is 83.6 cm³/mol. The Bertz CT molecular complexity index is 448. The molecule has 5 heteroatoms. The average molecular weight is 299 g/mol. The summed E-state index contributed by atoms with van der Waals surface area (Å²) in [4.78, 5) is 13.9. The van der Waals surface area contributed by atoms with Gasteiger partial charge in [0.25, 0.3) is 0 Å². The van der Waals surface area contributed by atoms with E-state index in [1.807, 2.05) is 12.1 Å². The van der Waals surface area contributed by atoms with E-state index in [-0.39, 0.29) is 24.4 Å². The van der Waals surface area contributed by atoms with Gasteiger partial charge in [-0.25, -0.2) is 0 Å². The van der Waals surface area contributed by atoms with E-state index in [1.165, 1.54) is 5.56 Å². The molecule has 0 spiro atoms. The van der Waals surface area contributed by atoms with Crippen LogP contribution in [0.5, 0.6) is 0 Å². The summed E-state index contributed by atoms with van der Waals surface area (Å²) in [6, 6.07) is 7.78. The maximum atomic E-state index is 12.3. The number of nitrogens with zero attached hydrogens (tertiary/aromatic N) is 1. The van der Waals surface area contributed by atoms with Crippen molar-refractivity contribution in [3.8, 4) is 0 Å². The van der Waals surface area contributed by atoms with Crippen molar-refractivity contribution >= 4 is 24.0 Å². The maximum absolute atomic E-state index is 12.3. The van der Waals surface area contributed by atoms with E-state index < -0.39 is 6.10 Å². The second kappa shape index (κ2) is 7.07. The summed E-state index contributed by atoms with van der Waals surface area (Å²) in [6.07, 6.45) is 0.0819. The highest BCUT2D eigenvalue weighted by Crippen LogP contribution is 2.20. The zero-order chi connectivity index (χ0) is 14.0. The van der Waals surface area contributed by atoms with Crippen molar-refractivity contribution < 1.29 is 9.90 Å². The van der Waals surface area contributed by atoms with Crippen molar-refractivity contribution in [1.82, 2.24) is 5.32 Å². The van der Waals surface area contributed by atoms with Gasteiger partial charge in [-0.1, -0.05) is 26.0 Å². The molecule has 1 aromatic carbocycles. The number of anilines is 1. The summed E-state index contributed by atoms with van der Waals surface area (Å²) in [6.45, 7) is 4.79. The van der Waals surface area contributed by atoms with Crippen LogP contribution in [0, 0.1) is 0 Å². The Morgan fingerprint density at radius 2 is 1.95 bits per heavy atom. The second-order valence-electron chi connectivity index (χ2n) is 5.49. The smallest absolute Gasteiger partial charge is 0.243 e. The van der Waals surface area contributed by atoms with Gasteiger partial charge in [-0.05, 0) is 30.0 Å². The number of amides is 1. The third kappa shape index (κ3) is 3.72. The molecule has 1 fully saturated rings. The zero-order valence-corrected chi connectivity index (χ0v) is 13.0. The fraction of sp³-hybridized carbons (Fsp3) is 0.533. The van der Waals surface area contributed by atoms with Crippen LogP contribution in [-0.2, 0) is 4.79 Å². The molecule has 2 N–H and O–H groups in total. The van der Waals surface area contributed by atoms with E-state index in [1.54, 1.807) is 11.9 Å². The number of hydrogen-bond donors (Lipinski definition) is 2. The molecular formula is C15H23ClN2O2. The summed E-state index contributed by atoms with van der Waals surface area (Å²) in [5.74, 6) is 0.496. The van der Waals surface area contributed by atoms with Gasteiger partial charge in [0.15, 0.2) is 0 Å². The van der Waals surface area contributed by atoms with E-state index in [0.29, 0.717) is 18.9 Å². The van der Waals surface area contributed by atoms with Crippen LogP contribution >= 0.6 is 12.4 Å². The SMILES string of the molecule is CC(C)c1ccc(N(C)C(=O)C2CC(O)CN2)cc1.Cl. The minimum absolute atomic E-state index is 0. The van der Waals surface area contributed by atoms with Gasteiger partial charge in [-0.3, -0.25) is 4.79 Å². The topological polar surface area (TPSA) is 52.6 Å².